The van der Waals surface area contributed by atoms with E-state index in [-0.39, 0.29) is 0 Å². The summed E-state index contributed by atoms with van der Waals surface area (Å²) in [6.07, 6.45) is 0. The Kier molecular flexibility index (Phi) is 3.20. The van der Waals surface area contributed by atoms with Crippen LogP contribution in [0, 0.1) is 6.92 Å². The smallest absolute Gasteiger partial charge is 0.0986 e. The average Bonchev–Trinajstić information content (AvgIpc) is 2.90. The number of hydrogen-bond acceptors (Lipinski definition) is 2. The first-order valence-electron chi connectivity index (χ1n) is 6.16. The van der Waals surface area contributed by atoms with Gasteiger partial charge in [0.1, 0.15) is 0 Å². The molecule has 18 heavy (non-hydrogen) atoms. The van der Waals surface area contributed by atoms with E-state index in [2.05, 4.69) is 61.5 Å². The zero-order chi connectivity index (χ0) is 12.4. The fraction of sp³-hybridized carbons (Fsp3) is 0.188. The first-order valence-corrected chi connectivity index (χ1v) is 7.04. The van der Waals surface area contributed by atoms with E-state index in [1.54, 1.807) is 0 Å². The van der Waals surface area contributed by atoms with Crippen LogP contribution in [0.5, 0.6) is 0 Å². The molecule has 0 N–H and O–H groups in total. The molecular weight excluding hydrogens is 238 g/mol. The van der Waals surface area contributed by atoms with E-state index < -0.39 is 0 Å². The van der Waals surface area contributed by atoms with Crippen molar-refractivity contribution >= 4 is 16.8 Å². The highest BCUT2D eigenvalue weighted by Gasteiger charge is 2.22. The number of rotatable bonds is 2. The van der Waals surface area contributed by atoms with Gasteiger partial charge in [0.25, 0.3) is 0 Å². The van der Waals surface area contributed by atoms with Gasteiger partial charge in [-0.1, -0.05) is 66.4 Å². The molecule has 1 aliphatic heterocycles. The highest BCUT2D eigenvalue weighted by atomic mass is 32.2. The summed E-state index contributed by atoms with van der Waals surface area (Å²) < 4.78 is 0. The number of thioether (sulfide) groups is 1. The lowest BCUT2D eigenvalue weighted by Gasteiger charge is -2.09. The molecule has 1 aliphatic rings. The minimum absolute atomic E-state index is 0.473. The maximum Gasteiger partial charge on any atom is 0.0986 e. The molecular formula is C16H15NS. The first-order chi connectivity index (χ1) is 8.84. The fourth-order valence-corrected chi connectivity index (χ4v) is 3.39. The summed E-state index contributed by atoms with van der Waals surface area (Å²) in [5.41, 5.74) is 3.95. The Hall–Kier alpha value is -1.54. The maximum absolute atomic E-state index is 4.70. The van der Waals surface area contributed by atoms with Crippen molar-refractivity contribution in [2.24, 2.45) is 4.99 Å². The van der Waals surface area contributed by atoms with Gasteiger partial charge in [0.15, 0.2) is 0 Å². The molecule has 2 aromatic carbocycles. The molecule has 0 saturated heterocycles. The minimum Gasteiger partial charge on any atom is -0.276 e. The van der Waals surface area contributed by atoms with Crippen LogP contribution in [0.1, 0.15) is 21.9 Å². The van der Waals surface area contributed by atoms with E-state index in [4.69, 9.17) is 4.99 Å². The van der Waals surface area contributed by atoms with Gasteiger partial charge in [-0.25, -0.2) is 0 Å². The van der Waals surface area contributed by atoms with Crippen molar-refractivity contribution in [2.75, 3.05) is 6.54 Å². The van der Waals surface area contributed by atoms with Crippen molar-refractivity contribution in [1.29, 1.82) is 0 Å². The van der Waals surface area contributed by atoms with Crippen LogP contribution >= 0.6 is 11.8 Å². The Morgan fingerprint density at radius 2 is 1.72 bits per heavy atom. The fourth-order valence-electron chi connectivity index (χ4n) is 2.18. The Morgan fingerprint density at radius 3 is 2.50 bits per heavy atom. The summed E-state index contributed by atoms with van der Waals surface area (Å²) in [4.78, 5) is 4.70. The Bertz CT molecular complexity index is 575. The Morgan fingerprint density at radius 1 is 1.00 bits per heavy atom. The predicted molar refractivity (Wildman–Crippen MR) is 79.4 cm³/mol. The van der Waals surface area contributed by atoms with Crippen LogP contribution < -0.4 is 0 Å². The molecule has 1 atom stereocenters. The van der Waals surface area contributed by atoms with Crippen molar-refractivity contribution in [2.45, 2.75) is 12.2 Å². The molecule has 0 aliphatic carbocycles. The molecule has 2 heteroatoms. The number of aliphatic imine (C=N–C) groups is 1. The number of aryl methyl sites for hydroxylation is 1. The van der Waals surface area contributed by atoms with E-state index in [1.807, 2.05) is 11.8 Å². The summed E-state index contributed by atoms with van der Waals surface area (Å²) in [5.74, 6) is 0. The molecule has 0 saturated carbocycles. The normalized spacial score (nSPS) is 18.7. The lowest BCUT2D eigenvalue weighted by molar-refractivity contribution is 0.966. The van der Waals surface area contributed by atoms with Crippen LogP contribution in [0.25, 0.3) is 0 Å². The zero-order valence-electron chi connectivity index (χ0n) is 10.3. The molecule has 90 valence electrons. The van der Waals surface area contributed by atoms with Crippen LogP contribution in [-0.4, -0.2) is 11.6 Å². The van der Waals surface area contributed by atoms with Crippen molar-refractivity contribution in [3.05, 3.63) is 71.3 Å². The molecule has 0 spiro atoms. The highest BCUT2D eigenvalue weighted by Crippen LogP contribution is 2.37. The van der Waals surface area contributed by atoms with Gasteiger partial charge in [0.2, 0.25) is 0 Å². The second-order valence-corrected chi connectivity index (χ2v) is 5.67. The van der Waals surface area contributed by atoms with E-state index in [1.165, 1.54) is 21.7 Å². The monoisotopic (exact) mass is 253 g/mol. The standard InChI is InChI=1S/C16H15NS/c1-12-7-5-6-10-14(12)16-17-11-15(18-16)13-8-3-2-4-9-13/h2-10,15H,11H2,1H3. The molecule has 1 unspecified atom stereocenters. The van der Waals surface area contributed by atoms with Crippen molar-refractivity contribution in [1.82, 2.24) is 0 Å². The van der Waals surface area contributed by atoms with Gasteiger partial charge >= 0.3 is 0 Å². The minimum atomic E-state index is 0.473. The summed E-state index contributed by atoms with van der Waals surface area (Å²) in [6, 6.07) is 19.1. The van der Waals surface area contributed by atoms with Crippen LogP contribution in [0.15, 0.2) is 59.6 Å². The Labute approximate surface area is 112 Å². The zero-order valence-corrected chi connectivity index (χ0v) is 11.2. The van der Waals surface area contributed by atoms with Crippen LogP contribution in [0.4, 0.5) is 0 Å². The van der Waals surface area contributed by atoms with Gasteiger partial charge in [-0.15, -0.1) is 0 Å². The average molecular weight is 253 g/mol. The van der Waals surface area contributed by atoms with E-state index in [9.17, 15) is 0 Å². The number of benzene rings is 2. The summed E-state index contributed by atoms with van der Waals surface area (Å²) in [6.45, 7) is 3.03. The summed E-state index contributed by atoms with van der Waals surface area (Å²) >= 11 is 1.88. The molecule has 0 fully saturated rings. The van der Waals surface area contributed by atoms with Gasteiger partial charge in [-0.05, 0) is 18.1 Å². The van der Waals surface area contributed by atoms with Crippen LogP contribution in [0.2, 0.25) is 0 Å². The van der Waals surface area contributed by atoms with Crippen molar-refractivity contribution in [3.8, 4) is 0 Å². The largest absolute Gasteiger partial charge is 0.276 e. The van der Waals surface area contributed by atoms with Gasteiger partial charge in [-0.2, -0.15) is 0 Å². The van der Waals surface area contributed by atoms with E-state index in [0.717, 1.165) is 6.54 Å². The maximum atomic E-state index is 4.70. The quantitative estimate of drug-likeness (QED) is 0.780. The second-order valence-electron chi connectivity index (χ2n) is 4.48. The third kappa shape index (κ3) is 2.21. The Balaban J connectivity index is 1.82. The molecule has 0 radical (unpaired) electrons. The molecule has 2 aromatic rings. The van der Waals surface area contributed by atoms with Gasteiger partial charge in [0.05, 0.1) is 16.8 Å². The van der Waals surface area contributed by atoms with E-state index in [0.29, 0.717) is 5.25 Å². The molecule has 0 bridgehead atoms. The lowest BCUT2D eigenvalue weighted by Crippen LogP contribution is -1.96. The topological polar surface area (TPSA) is 12.4 Å². The van der Waals surface area contributed by atoms with Crippen molar-refractivity contribution < 1.29 is 0 Å². The third-order valence-electron chi connectivity index (χ3n) is 3.20. The van der Waals surface area contributed by atoms with Gasteiger partial charge in [0, 0.05) is 5.56 Å². The molecule has 1 nitrogen and oxygen atoms in total. The number of hydrogen-bond donors (Lipinski definition) is 0. The molecule has 0 aromatic heterocycles. The van der Waals surface area contributed by atoms with Gasteiger partial charge < -0.3 is 0 Å². The summed E-state index contributed by atoms with van der Waals surface area (Å²) in [7, 11) is 0. The third-order valence-corrected chi connectivity index (χ3v) is 4.48. The van der Waals surface area contributed by atoms with Gasteiger partial charge in [-0.3, -0.25) is 4.99 Å². The van der Waals surface area contributed by atoms with Crippen molar-refractivity contribution in [3.63, 3.8) is 0 Å². The molecule has 0 amide bonds. The molecule has 3 rings (SSSR count). The highest BCUT2D eigenvalue weighted by molar-refractivity contribution is 8.14. The van der Waals surface area contributed by atoms with Crippen LogP contribution in [-0.2, 0) is 0 Å². The van der Waals surface area contributed by atoms with Crippen LogP contribution in [0.3, 0.4) is 0 Å². The predicted octanol–water partition coefficient (Wildman–Crippen LogP) is 4.23. The SMILES string of the molecule is Cc1ccccc1C1=NCC(c2ccccc2)S1. The van der Waals surface area contributed by atoms with E-state index >= 15 is 0 Å². The first kappa shape index (κ1) is 11.5. The lowest BCUT2D eigenvalue weighted by atomic mass is 10.1. The summed E-state index contributed by atoms with van der Waals surface area (Å²) in [5, 5.41) is 1.66. The number of nitrogens with zero attached hydrogens (tertiary/aromatic N) is 1. The molecule has 1 heterocycles. The second kappa shape index (κ2) is 4.99.